The van der Waals surface area contributed by atoms with Crippen molar-refractivity contribution in [1.82, 2.24) is 20.1 Å². The maximum atomic E-state index is 13.0. The lowest BCUT2D eigenvalue weighted by Crippen LogP contribution is -2.31. The Hall–Kier alpha value is -4.30. The molecule has 0 aliphatic carbocycles. The highest BCUT2D eigenvalue weighted by Gasteiger charge is 2.31. The van der Waals surface area contributed by atoms with E-state index < -0.39 is 0 Å². The van der Waals surface area contributed by atoms with Gasteiger partial charge in [0, 0.05) is 52.6 Å². The van der Waals surface area contributed by atoms with Gasteiger partial charge >= 0.3 is 0 Å². The molecule has 4 aromatic rings. The summed E-state index contributed by atoms with van der Waals surface area (Å²) in [5.41, 5.74) is 4.20. The first kappa shape index (κ1) is 25.4. The fourth-order valence-corrected chi connectivity index (χ4v) is 4.85. The van der Waals surface area contributed by atoms with E-state index in [4.69, 9.17) is 21.1 Å². The molecule has 2 aromatic heterocycles. The molecule has 1 aliphatic rings. The third-order valence-electron chi connectivity index (χ3n) is 6.73. The smallest absolute Gasteiger partial charge is 0.256 e. The van der Waals surface area contributed by atoms with Gasteiger partial charge in [-0.3, -0.25) is 14.7 Å². The molecular weight excluding hydrogens is 504 g/mol. The van der Waals surface area contributed by atoms with Crippen LogP contribution in [0, 0.1) is 0 Å². The highest BCUT2D eigenvalue weighted by molar-refractivity contribution is 6.30. The lowest BCUT2D eigenvalue weighted by Gasteiger charge is -2.25. The zero-order valence-electron chi connectivity index (χ0n) is 21.0. The third-order valence-corrected chi connectivity index (χ3v) is 6.98. The Bertz CT molecular complexity index is 1530. The maximum absolute atomic E-state index is 13.0. The zero-order valence-corrected chi connectivity index (χ0v) is 21.8. The predicted octanol–water partition coefficient (Wildman–Crippen LogP) is 5.06. The summed E-state index contributed by atoms with van der Waals surface area (Å²) in [6.45, 7) is 0.386. The number of pyridine rings is 1. The minimum atomic E-state index is -0.230. The van der Waals surface area contributed by atoms with Crippen molar-refractivity contribution >= 4 is 23.1 Å². The van der Waals surface area contributed by atoms with E-state index in [2.05, 4.69) is 15.2 Å². The number of nitrogens with one attached hydrogen (secondary N) is 2. The fourth-order valence-electron chi connectivity index (χ4n) is 4.72. The summed E-state index contributed by atoms with van der Waals surface area (Å²) in [7, 11) is 3.20. The van der Waals surface area contributed by atoms with E-state index in [9.17, 15) is 9.59 Å². The van der Waals surface area contributed by atoms with Gasteiger partial charge in [-0.05, 0) is 48.4 Å². The van der Waals surface area contributed by atoms with E-state index in [1.165, 1.54) is 0 Å². The molecule has 2 N–H and O–H groups in total. The second-order valence-corrected chi connectivity index (χ2v) is 9.43. The maximum Gasteiger partial charge on any atom is 0.256 e. The van der Waals surface area contributed by atoms with Crippen LogP contribution in [-0.4, -0.2) is 46.2 Å². The number of benzene rings is 2. The molecule has 5 rings (SSSR count). The number of hydrogen-bond donors (Lipinski definition) is 2. The van der Waals surface area contributed by atoms with E-state index in [1.54, 1.807) is 32.7 Å². The molecule has 0 radical (unpaired) electrons. The Morgan fingerprint density at radius 3 is 2.61 bits per heavy atom. The molecule has 1 fully saturated rings. The Morgan fingerprint density at radius 1 is 1.11 bits per heavy atom. The van der Waals surface area contributed by atoms with Gasteiger partial charge in [-0.15, -0.1) is 0 Å². The fraction of sp³-hybridized carbons (Fsp3) is 0.207. The summed E-state index contributed by atoms with van der Waals surface area (Å²) in [6.07, 6.45) is 6.42. The van der Waals surface area contributed by atoms with Crippen molar-refractivity contribution in [2.24, 2.45) is 0 Å². The summed E-state index contributed by atoms with van der Waals surface area (Å²) in [4.78, 5) is 30.9. The first-order chi connectivity index (χ1) is 18.5. The van der Waals surface area contributed by atoms with Crippen molar-refractivity contribution in [1.29, 1.82) is 0 Å². The Kier molecular flexibility index (Phi) is 7.33. The number of H-pyrrole nitrogens is 2. The zero-order chi connectivity index (χ0) is 26.6. The van der Waals surface area contributed by atoms with Gasteiger partial charge in [-0.25, -0.2) is 0 Å². The van der Waals surface area contributed by atoms with Gasteiger partial charge in [0.2, 0.25) is 5.91 Å². The van der Waals surface area contributed by atoms with Crippen LogP contribution in [0.25, 0.3) is 16.7 Å². The number of carbonyl (C=O) groups is 1. The monoisotopic (exact) mass is 530 g/mol. The number of ether oxygens (including phenoxy) is 2. The highest BCUT2D eigenvalue weighted by Crippen LogP contribution is 2.32. The highest BCUT2D eigenvalue weighted by atomic mass is 35.5. The van der Waals surface area contributed by atoms with Gasteiger partial charge in [-0.1, -0.05) is 29.8 Å². The number of likely N-dealkylation sites (tertiary alicyclic amines) is 1. The van der Waals surface area contributed by atoms with Gasteiger partial charge in [-0.2, -0.15) is 5.10 Å². The van der Waals surface area contributed by atoms with Gasteiger partial charge < -0.3 is 19.4 Å². The molecular formula is C29H27ClN4O4. The number of amides is 1. The molecule has 0 spiro atoms. The number of aromatic amines is 2. The quantitative estimate of drug-likeness (QED) is 0.332. The van der Waals surface area contributed by atoms with Crippen LogP contribution < -0.4 is 15.0 Å². The van der Waals surface area contributed by atoms with Crippen molar-refractivity contribution in [3.8, 4) is 22.6 Å². The molecule has 1 amide bonds. The normalized spacial score (nSPS) is 15.7. The van der Waals surface area contributed by atoms with Crippen molar-refractivity contribution < 1.29 is 14.3 Å². The molecule has 0 unspecified atom stereocenters. The Labute approximate surface area is 224 Å². The molecule has 38 heavy (non-hydrogen) atoms. The number of hydrogen-bond acceptors (Lipinski definition) is 5. The Morgan fingerprint density at radius 2 is 1.92 bits per heavy atom. The van der Waals surface area contributed by atoms with E-state index >= 15 is 0 Å². The summed E-state index contributed by atoms with van der Waals surface area (Å²) >= 11 is 6.16. The van der Waals surface area contributed by atoms with Gasteiger partial charge in [0.05, 0.1) is 32.0 Å². The van der Waals surface area contributed by atoms with Crippen molar-refractivity contribution in [3.63, 3.8) is 0 Å². The molecule has 1 saturated heterocycles. The van der Waals surface area contributed by atoms with Crippen molar-refractivity contribution in [2.45, 2.75) is 25.4 Å². The summed E-state index contributed by atoms with van der Waals surface area (Å²) in [6, 6.07) is 16.5. The van der Waals surface area contributed by atoms with Crippen LogP contribution in [0.3, 0.4) is 0 Å². The van der Waals surface area contributed by atoms with Crippen molar-refractivity contribution in [3.05, 3.63) is 105 Å². The van der Waals surface area contributed by atoms with Crippen LogP contribution in [0.4, 0.5) is 0 Å². The molecule has 2 aromatic carbocycles. The van der Waals surface area contributed by atoms with Crippen LogP contribution in [0.5, 0.6) is 11.5 Å². The lowest BCUT2D eigenvalue weighted by molar-refractivity contribution is -0.129. The van der Waals surface area contributed by atoms with E-state index in [1.807, 2.05) is 59.5 Å². The van der Waals surface area contributed by atoms with E-state index in [0.717, 1.165) is 16.7 Å². The second kappa shape index (κ2) is 11.0. The van der Waals surface area contributed by atoms with Gasteiger partial charge in [0.1, 0.15) is 11.5 Å². The molecule has 0 bridgehead atoms. The molecule has 1 atom stereocenters. The minimum absolute atomic E-state index is 0.0587. The van der Waals surface area contributed by atoms with E-state index in [0.29, 0.717) is 52.7 Å². The summed E-state index contributed by atoms with van der Waals surface area (Å²) < 4.78 is 10.9. The van der Waals surface area contributed by atoms with Crippen molar-refractivity contribution in [2.75, 3.05) is 14.2 Å². The van der Waals surface area contributed by atoms with E-state index in [-0.39, 0.29) is 17.5 Å². The number of carbonyl (C=O) groups excluding carboxylic acids is 1. The standard InChI is InChI=1S/C29H27ClN4O4/c1-37-23-9-5-19(27(14-23)38-2)17-34-22(8-12-28(34)35)13-25(18-3-6-21(30)7-4-18)26-11-10-24(29(36)33-26)20-15-31-32-16-20/h3-7,9-11,13-16,22H,8,12,17H2,1-2H3,(H,31,32)(H,33,36)/b25-13-/t22-/m1/s1. The largest absolute Gasteiger partial charge is 0.497 e. The molecule has 1 aliphatic heterocycles. The van der Waals surface area contributed by atoms with Crippen LogP contribution in [0.15, 0.2) is 77.9 Å². The molecule has 3 heterocycles. The first-order valence-corrected chi connectivity index (χ1v) is 12.6. The van der Waals surface area contributed by atoms with Crippen LogP contribution in [-0.2, 0) is 11.3 Å². The summed E-state index contributed by atoms with van der Waals surface area (Å²) in [5.74, 6) is 1.40. The third kappa shape index (κ3) is 5.21. The number of rotatable bonds is 8. The molecule has 8 nitrogen and oxygen atoms in total. The lowest BCUT2D eigenvalue weighted by atomic mass is 9.98. The summed E-state index contributed by atoms with van der Waals surface area (Å²) in [5, 5.41) is 7.29. The predicted molar refractivity (Wildman–Crippen MR) is 146 cm³/mol. The van der Waals surface area contributed by atoms with Crippen LogP contribution in [0.2, 0.25) is 5.02 Å². The number of nitrogens with zero attached hydrogens (tertiary/aromatic N) is 2. The average molecular weight is 531 g/mol. The number of halogens is 1. The second-order valence-electron chi connectivity index (χ2n) is 8.99. The van der Waals surface area contributed by atoms with Gasteiger partial charge in [0.25, 0.3) is 5.56 Å². The minimum Gasteiger partial charge on any atom is -0.497 e. The molecule has 0 saturated carbocycles. The van der Waals surface area contributed by atoms with Crippen LogP contribution in [0.1, 0.15) is 29.7 Å². The average Bonchev–Trinajstić information content (AvgIpc) is 3.58. The first-order valence-electron chi connectivity index (χ1n) is 12.2. The molecule has 9 heteroatoms. The SMILES string of the molecule is COc1ccc(CN2C(=O)CC[C@@H]2/C=C(/c2ccc(Cl)cc2)c2ccc(-c3cn[nH]c3)c(=O)[nH]2)c(OC)c1. The molecule has 194 valence electrons. The topological polar surface area (TPSA) is 100 Å². The number of methoxy groups -OCH3 is 2. The number of aromatic nitrogens is 3. The Balaban J connectivity index is 1.54. The van der Waals surface area contributed by atoms with Crippen LogP contribution >= 0.6 is 11.6 Å². The van der Waals surface area contributed by atoms with Gasteiger partial charge in [0.15, 0.2) is 0 Å².